The molecule has 0 aliphatic carbocycles. The van der Waals surface area contributed by atoms with Crippen molar-refractivity contribution in [3.8, 4) is 0 Å². The van der Waals surface area contributed by atoms with E-state index in [1.807, 2.05) is 0 Å². The van der Waals surface area contributed by atoms with E-state index in [0.717, 1.165) is 17.5 Å². The Kier molecular flexibility index (Phi) is 4.57. The van der Waals surface area contributed by atoms with Gasteiger partial charge < -0.3 is 9.84 Å². The first kappa shape index (κ1) is 14.5. The van der Waals surface area contributed by atoms with Gasteiger partial charge in [-0.05, 0) is 17.5 Å². The van der Waals surface area contributed by atoms with E-state index in [1.54, 1.807) is 31.3 Å². The lowest BCUT2D eigenvalue weighted by molar-refractivity contribution is 0.181. The average molecular weight is 285 g/mol. The Morgan fingerprint density at radius 2 is 1.95 bits per heavy atom. The Hall–Kier alpha value is -0.950. The van der Waals surface area contributed by atoms with E-state index in [-0.39, 0.29) is 18.4 Å². The van der Waals surface area contributed by atoms with Gasteiger partial charge in [0, 0.05) is 13.7 Å². The molecule has 1 fully saturated rings. The van der Waals surface area contributed by atoms with Crippen molar-refractivity contribution < 1.29 is 18.3 Å². The number of aliphatic hydroxyl groups is 1. The molecule has 1 aliphatic heterocycles. The summed E-state index contributed by atoms with van der Waals surface area (Å²) in [5.41, 5.74) is 1.50. The van der Waals surface area contributed by atoms with E-state index in [1.165, 1.54) is 4.31 Å². The standard InChI is InChI=1S/C13H19NO4S/c1-14(13-6-7-18-9-13)19(16,17)10-12-4-2-11(8-15)3-5-12/h2-5,13,15H,6-10H2,1H3. The van der Waals surface area contributed by atoms with Crippen LogP contribution < -0.4 is 0 Å². The largest absolute Gasteiger partial charge is 0.392 e. The molecule has 1 aliphatic rings. The fourth-order valence-corrected chi connectivity index (χ4v) is 3.53. The molecule has 19 heavy (non-hydrogen) atoms. The van der Waals surface area contributed by atoms with Crippen LogP contribution in [-0.2, 0) is 27.1 Å². The van der Waals surface area contributed by atoms with Crippen LogP contribution in [-0.4, -0.2) is 44.1 Å². The van der Waals surface area contributed by atoms with Gasteiger partial charge in [0.25, 0.3) is 0 Å². The number of benzene rings is 1. The first-order chi connectivity index (χ1) is 9.03. The fourth-order valence-electron chi connectivity index (χ4n) is 2.09. The predicted octanol–water partition coefficient (Wildman–Crippen LogP) is 0.729. The molecule has 1 unspecified atom stereocenters. The molecule has 0 aromatic heterocycles. The van der Waals surface area contributed by atoms with Crippen molar-refractivity contribution in [1.82, 2.24) is 4.31 Å². The molecule has 0 radical (unpaired) electrons. The molecule has 106 valence electrons. The van der Waals surface area contributed by atoms with Gasteiger partial charge in [0.2, 0.25) is 10.0 Å². The second-order valence-corrected chi connectivity index (χ2v) is 6.79. The molecule has 1 atom stereocenters. The summed E-state index contributed by atoms with van der Waals surface area (Å²) >= 11 is 0. The highest BCUT2D eigenvalue weighted by molar-refractivity contribution is 7.88. The fraction of sp³-hybridized carbons (Fsp3) is 0.538. The lowest BCUT2D eigenvalue weighted by atomic mass is 10.2. The second-order valence-electron chi connectivity index (χ2n) is 4.76. The molecule has 0 bridgehead atoms. The minimum absolute atomic E-state index is 0.0221. The molecule has 2 rings (SSSR count). The number of hydrogen-bond acceptors (Lipinski definition) is 4. The Labute approximate surface area is 113 Å². The highest BCUT2D eigenvalue weighted by Gasteiger charge is 2.29. The highest BCUT2D eigenvalue weighted by Crippen LogP contribution is 2.18. The molecule has 1 aromatic rings. The van der Waals surface area contributed by atoms with Crippen LogP contribution in [0.1, 0.15) is 17.5 Å². The van der Waals surface area contributed by atoms with Crippen LogP contribution in [0, 0.1) is 0 Å². The number of rotatable bonds is 5. The van der Waals surface area contributed by atoms with Crippen LogP contribution in [0.5, 0.6) is 0 Å². The maximum atomic E-state index is 12.3. The summed E-state index contributed by atoms with van der Waals surface area (Å²) in [6.45, 7) is 1.06. The summed E-state index contributed by atoms with van der Waals surface area (Å²) < 4.78 is 31.2. The number of nitrogens with zero attached hydrogens (tertiary/aromatic N) is 1. The van der Waals surface area contributed by atoms with Gasteiger partial charge in [-0.3, -0.25) is 0 Å². The number of aliphatic hydroxyl groups excluding tert-OH is 1. The summed E-state index contributed by atoms with van der Waals surface area (Å²) in [5, 5.41) is 8.95. The number of ether oxygens (including phenoxy) is 1. The smallest absolute Gasteiger partial charge is 0.218 e. The lowest BCUT2D eigenvalue weighted by Crippen LogP contribution is -2.38. The van der Waals surface area contributed by atoms with Crippen molar-refractivity contribution in [2.75, 3.05) is 20.3 Å². The predicted molar refractivity (Wildman–Crippen MR) is 72.0 cm³/mol. The van der Waals surface area contributed by atoms with E-state index >= 15 is 0 Å². The topological polar surface area (TPSA) is 66.8 Å². The molecule has 0 saturated carbocycles. The third-order valence-electron chi connectivity index (χ3n) is 3.41. The summed E-state index contributed by atoms with van der Waals surface area (Å²) in [4.78, 5) is 0. The minimum atomic E-state index is -3.33. The van der Waals surface area contributed by atoms with Gasteiger partial charge in [-0.1, -0.05) is 24.3 Å². The van der Waals surface area contributed by atoms with Gasteiger partial charge >= 0.3 is 0 Å². The SMILES string of the molecule is CN(C1CCOC1)S(=O)(=O)Cc1ccc(CO)cc1. The van der Waals surface area contributed by atoms with Gasteiger partial charge in [0.05, 0.1) is 25.0 Å². The molecule has 1 heterocycles. The van der Waals surface area contributed by atoms with Crippen LogP contribution >= 0.6 is 0 Å². The average Bonchev–Trinajstić information content (AvgIpc) is 2.92. The molecule has 1 aromatic carbocycles. The van der Waals surface area contributed by atoms with E-state index in [2.05, 4.69) is 0 Å². The van der Waals surface area contributed by atoms with Crippen LogP contribution in [0.3, 0.4) is 0 Å². The van der Waals surface area contributed by atoms with E-state index in [9.17, 15) is 8.42 Å². The van der Waals surface area contributed by atoms with Crippen molar-refractivity contribution in [2.45, 2.75) is 24.8 Å². The second kappa shape index (κ2) is 6.00. The summed E-state index contributed by atoms with van der Waals surface area (Å²) in [5.74, 6) is -0.0221. The Morgan fingerprint density at radius 3 is 2.47 bits per heavy atom. The Morgan fingerprint density at radius 1 is 1.32 bits per heavy atom. The van der Waals surface area contributed by atoms with E-state index in [0.29, 0.717) is 13.2 Å². The zero-order valence-corrected chi connectivity index (χ0v) is 11.8. The first-order valence-corrected chi connectivity index (χ1v) is 7.86. The van der Waals surface area contributed by atoms with Crippen molar-refractivity contribution >= 4 is 10.0 Å². The van der Waals surface area contributed by atoms with Crippen LogP contribution in [0.25, 0.3) is 0 Å². The maximum absolute atomic E-state index is 12.3. The van der Waals surface area contributed by atoms with Gasteiger partial charge in [-0.25, -0.2) is 8.42 Å². The third kappa shape index (κ3) is 3.54. The van der Waals surface area contributed by atoms with Crippen LogP contribution in [0.15, 0.2) is 24.3 Å². The van der Waals surface area contributed by atoms with E-state index < -0.39 is 10.0 Å². The highest BCUT2D eigenvalue weighted by atomic mass is 32.2. The summed E-state index contributed by atoms with van der Waals surface area (Å²) in [7, 11) is -1.72. The zero-order valence-electron chi connectivity index (χ0n) is 10.9. The number of sulfonamides is 1. The van der Waals surface area contributed by atoms with Crippen molar-refractivity contribution in [3.63, 3.8) is 0 Å². The maximum Gasteiger partial charge on any atom is 0.218 e. The molecular weight excluding hydrogens is 266 g/mol. The van der Waals surface area contributed by atoms with Crippen LogP contribution in [0.4, 0.5) is 0 Å². The van der Waals surface area contributed by atoms with Gasteiger partial charge in [-0.15, -0.1) is 0 Å². The number of likely N-dealkylation sites (N-methyl/N-ethyl adjacent to an activating group) is 1. The van der Waals surface area contributed by atoms with Gasteiger partial charge in [0.1, 0.15) is 0 Å². The molecule has 1 saturated heterocycles. The summed E-state index contributed by atoms with van der Waals surface area (Å²) in [6.07, 6.45) is 0.749. The molecule has 6 heteroatoms. The zero-order chi connectivity index (χ0) is 13.9. The summed E-state index contributed by atoms with van der Waals surface area (Å²) in [6, 6.07) is 6.90. The number of hydrogen-bond donors (Lipinski definition) is 1. The third-order valence-corrected chi connectivity index (χ3v) is 5.29. The Bertz CT molecular complexity index is 506. The molecule has 0 amide bonds. The van der Waals surface area contributed by atoms with Crippen molar-refractivity contribution in [1.29, 1.82) is 0 Å². The molecular formula is C13H19NO4S. The van der Waals surface area contributed by atoms with Crippen molar-refractivity contribution in [3.05, 3.63) is 35.4 Å². The molecule has 5 nitrogen and oxygen atoms in total. The van der Waals surface area contributed by atoms with Gasteiger partial charge in [0.15, 0.2) is 0 Å². The normalized spacial score (nSPS) is 20.1. The molecule has 1 N–H and O–H groups in total. The van der Waals surface area contributed by atoms with Crippen LogP contribution in [0.2, 0.25) is 0 Å². The Balaban J connectivity index is 2.06. The monoisotopic (exact) mass is 285 g/mol. The van der Waals surface area contributed by atoms with Crippen molar-refractivity contribution in [2.24, 2.45) is 0 Å². The van der Waals surface area contributed by atoms with E-state index in [4.69, 9.17) is 9.84 Å². The van der Waals surface area contributed by atoms with Gasteiger partial charge in [-0.2, -0.15) is 4.31 Å². The lowest BCUT2D eigenvalue weighted by Gasteiger charge is -2.22. The molecule has 0 spiro atoms. The quantitative estimate of drug-likeness (QED) is 0.866. The minimum Gasteiger partial charge on any atom is -0.392 e. The first-order valence-electron chi connectivity index (χ1n) is 6.25.